The highest BCUT2D eigenvalue weighted by molar-refractivity contribution is 6.23. The molecule has 282 valence electrons. The van der Waals surface area contributed by atoms with Gasteiger partial charge in [-0.05, 0) is 66.1 Å². The summed E-state index contributed by atoms with van der Waals surface area (Å²) < 4.78 is 17.8. The van der Waals surface area contributed by atoms with Gasteiger partial charge >= 0.3 is 0 Å². The van der Waals surface area contributed by atoms with E-state index in [0.29, 0.717) is 12.0 Å². The average Bonchev–Trinajstić information content (AvgIpc) is 3.37. The first kappa shape index (κ1) is 34.9. The second-order valence-corrected chi connectivity index (χ2v) is 15.9. The van der Waals surface area contributed by atoms with E-state index >= 15 is 0 Å². The summed E-state index contributed by atoms with van der Waals surface area (Å²) >= 11 is 0. The van der Waals surface area contributed by atoms with Crippen molar-refractivity contribution < 1.29 is 33.4 Å². The summed E-state index contributed by atoms with van der Waals surface area (Å²) in [6.07, 6.45) is 3.60. The normalized spacial score (nSPS) is 22.7. The van der Waals surface area contributed by atoms with Gasteiger partial charge in [0.05, 0.1) is 35.4 Å². The molecule has 9 rings (SSSR count). The van der Waals surface area contributed by atoms with Crippen LogP contribution in [-0.2, 0) is 26.3 Å². The molecule has 4 fully saturated rings. The van der Waals surface area contributed by atoms with Crippen molar-refractivity contribution in [3.63, 3.8) is 0 Å². The Morgan fingerprint density at radius 2 is 1.58 bits per heavy atom. The van der Waals surface area contributed by atoms with Crippen LogP contribution in [0.1, 0.15) is 77.1 Å². The fourth-order valence-corrected chi connectivity index (χ4v) is 8.11. The number of benzene rings is 3. The summed E-state index contributed by atoms with van der Waals surface area (Å²) in [6.45, 7) is 8.31. The molecule has 3 aromatic carbocycles. The molecule has 1 unspecified atom stereocenters. The molecule has 0 radical (unpaired) electrons. The van der Waals surface area contributed by atoms with Gasteiger partial charge in [-0.3, -0.25) is 29.4 Å². The van der Waals surface area contributed by atoms with Crippen molar-refractivity contribution in [3.05, 3.63) is 107 Å². The van der Waals surface area contributed by atoms with Crippen molar-refractivity contribution in [2.24, 2.45) is 5.41 Å². The van der Waals surface area contributed by atoms with Gasteiger partial charge in [0.15, 0.2) is 0 Å². The van der Waals surface area contributed by atoms with E-state index in [4.69, 9.17) is 19.2 Å². The lowest BCUT2D eigenvalue weighted by Crippen LogP contribution is -2.66. The maximum atomic E-state index is 13.2. The number of rotatable bonds is 11. The molecule has 5 aliphatic rings. The minimum absolute atomic E-state index is 0.0451. The van der Waals surface area contributed by atoms with Crippen molar-refractivity contribution in [2.75, 3.05) is 36.5 Å². The Bertz CT molecular complexity index is 2170. The fraction of sp³-hybridized carbons (Fsp3) is 0.381. The zero-order chi connectivity index (χ0) is 37.9. The molecule has 4 aromatic rings. The summed E-state index contributed by atoms with van der Waals surface area (Å²) in [5.74, 6) is 0.279. The van der Waals surface area contributed by atoms with Crippen molar-refractivity contribution in [1.29, 1.82) is 0 Å². The molecule has 2 N–H and O–H groups in total. The minimum atomic E-state index is -0.985. The predicted molar refractivity (Wildman–Crippen MR) is 201 cm³/mol. The molecule has 3 saturated heterocycles. The van der Waals surface area contributed by atoms with E-state index in [1.54, 1.807) is 24.4 Å². The number of imide groups is 2. The minimum Gasteiger partial charge on any atom is -0.490 e. The number of fused-ring (bicyclic) bond motifs is 1. The van der Waals surface area contributed by atoms with Crippen molar-refractivity contribution in [2.45, 2.75) is 69.7 Å². The van der Waals surface area contributed by atoms with E-state index < -0.39 is 29.7 Å². The maximum absolute atomic E-state index is 13.2. The Morgan fingerprint density at radius 3 is 2.25 bits per heavy atom. The van der Waals surface area contributed by atoms with Gasteiger partial charge in [0.2, 0.25) is 17.8 Å². The molecule has 1 aliphatic carbocycles. The second-order valence-electron chi connectivity index (χ2n) is 15.9. The first-order chi connectivity index (χ1) is 26.5. The van der Waals surface area contributed by atoms with E-state index in [-0.39, 0.29) is 41.5 Å². The van der Waals surface area contributed by atoms with Crippen LogP contribution in [0.4, 0.5) is 11.6 Å². The Morgan fingerprint density at radius 1 is 0.891 bits per heavy atom. The number of hydrogen-bond donors (Lipinski definition) is 2. The highest BCUT2D eigenvalue weighted by atomic mass is 16.5. The third-order valence-corrected chi connectivity index (χ3v) is 11.6. The number of anilines is 2. The number of piperidine rings is 1. The number of ether oxygens (including phenoxy) is 3. The topological polar surface area (TPSA) is 152 Å². The number of amides is 4. The van der Waals surface area contributed by atoms with Crippen molar-refractivity contribution in [1.82, 2.24) is 20.2 Å². The predicted octanol–water partition coefficient (Wildman–Crippen LogP) is 4.64. The summed E-state index contributed by atoms with van der Waals surface area (Å²) in [5, 5.41) is 5.67. The molecule has 0 bridgehead atoms. The first-order valence-electron chi connectivity index (χ1n) is 18.8. The third kappa shape index (κ3) is 6.56. The fourth-order valence-electron chi connectivity index (χ4n) is 8.11. The summed E-state index contributed by atoms with van der Waals surface area (Å²) in [4.78, 5) is 62.5. The Kier molecular flexibility index (Phi) is 8.56. The van der Waals surface area contributed by atoms with E-state index in [1.807, 2.05) is 30.3 Å². The Labute approximate surface area is 318 Å². The molecule has 13 heteroatoms. The molecule has 1 spiro atoms. The van der Waals surface area contributed by atoms with Gasteiger partial charge in [0.25, 0.3) is 11.8 Å². The molecule has 5 heterocycles. The van der Waals surface area contributed by atoms with Crippen LogP contribution in [0.2, 0.25) is 0 Å². The van der Waals surface area contributed by atoms with Gasteiger partial charge in [-0.15, -0.1) is 0 Å². The van der Waals surface area contributed by atoms with Crippen LogP contribution in [0.5, 0.6) is 11.5 Å². The van der Waals surface area contributed by atoms with Crippen molar-refractivity contribution in [3.8, 4) is 11.5 Å². The van der Waals surface area contributed by atoms with Crippen LogP contribution in [0.25, 0.3) is 0 Å². The summed E-state index contributed by atoms with van der Waals surface area (Å²) in [6, 6.07) is 22.6. The van der Waals surface area contributed by atoms with Gasteiger partial charge in [0, 0.05) is 55.7 Å². The summed E-state index contributed by atoms with van der Waals surface area (Å²) in [5.41, 5.74) is 4.47. The zero-order valence-electron chi connectivity index (χ0n) is 30.7. The van der Waals surface area contributed by atoms with Crippen LogP contribution in [0, 0.1) is 5.41 Å². The smallest absolute Gasteiger partial charge is 0.262 e. The van der Waals surface area contributed by atoms with Gasteiger partial charge in [-0.1, -0.05) is 38.1 Å². The van der Waals surface area contributed by atoms with E-state index in [1.165, 1.54) is 5.56 Å². The number of carbonyl (C=O) groups is 4. The standard InChI is InChI=1S/C42H42N6O7/c1-41(2,25-3-8-30(9-4-25)54-20-28-15-16-43-40(45-28)47-21-42(22-47)23-53-24-42)26-5-10-31(11-6-26)55-32-17-29(18-32)44-27-7-12-33-34(19-27)39(52)48(38(33)51)35-13-14-36(49)46-37(35)50/h3-12,15-16,19,29,32,35,44H,13-14,17-18,20-24H2,1-2H3,(H,46,49,50)/t29-,32-,35?. The highest BCUT2D eigenvalue weighted by Crippen LogP contribution is 2.39. The Balaban J connectivity index is 0.749. The lowest BCUT2D eigenvalue weighted by molar-refractivity contribution is -0.136. The van der Waals surface area contributed by atoms with Crippen molar-refractivity contribution >= 4 is 35.3 Å². The lowest BCUT2D eigenvalue weighted by Gasteiger charge is -2.54. The molecular formula is C42H42N6O7. The highest BCUT2D eigenvalue weighted by Gasteiger charge is 2.50. The average molecular weight is 743 g/mol. The SMILES string of the molecule is CC(C)(c1ccc(OCc2ccnc(N3CC4(COC4)C3)n2)cc1)c1ccc(O[C@H]2C[C@H](Nc3ccc4c(c3)C(=O)N(C3CCC(=O)NC3=O)C4=O)C2)cc1. The third-order valence-electron chi connectivity index (χ3n) is 11.6. The van der Waals surface area contributed by atoms with Crippen LogP contribution in [0.15, 0.2) is 79.0 Å². The van der Waals surface area contributed by atoms with E-state index in [0.717, 1.165) is 78.4 Å². The Hall–Kier alpha value is -5.82. The number of carbonyl (C=O) groups excluding carboxylic acids is 4. The van der Waals surface area contributed by atoms with Gasteiger partial charge in [-0.25, -0.2) is 9.97 Å². The second kappa shape index (κ2) is 13.5. The maximum Gasteiger partial charge on any atom is 0.262 e. The van der Waals surface area contributed by atoms with Crippen LogP contribution < -0.4 is 25.0 Å². The molecule has 55 heavy (non-hydrogen) atoms. The van der Waals surface area contributed by atoms with Gasteiger partial charge in [-0.2, -0.15) is 0 Å². The first-order valence-corrected chi connectivity index (χ1v) is 18.8. The lowest BCUT2D eigenvalue weighted by atomic mass is 9.78. The molecule has 13 nitrogen and oxygen atoms in total. The quantitative estimate of drug-likeness (QED) is 0.207. The molecular weight excluding hydrogens is 700 g/mol. The number of aromatic nitrogens is 2. The molecule has 1 atom stereocenters. The van der Waals surface area contributed by atoms with Gasteiger partial charge in [0.1, 0.15) is 30.3 Å². The summed E-state index contributed by atoms with van der Waals surface area (Å²) in [7, 11) is 0. The van der Waals surface area contributed by atoms with E-state index in [9.17, 15) is 19.2 Å². The number of hydrogen-bond acceptors (Lipinski definition) is 11. The van der Waals surface area contributed by atoms with Gasteiger partial charge < -0.3 is 24.4 Å². The molecule has 4 aliphatic heterocycles. The van der Waals surface area contributed by atoms with Crippen LogP contribution in [0.3, 0.4) is 0 Å². The monoisotopic (exact) mass is 742 g/mol. The van der Waals surface area contributed by atoms with Crippen LogP contribution in [-0.4, -0.2) is 83.0 Å². The van der Waals surface area contributed by atoms with Crippen LogP contribution >= 0.6 is 0 Å². The van der Waals surface area contributed by atoms with E-state index in [2.05, 4.69) is 58.6 Å². The molecule has 1 saturated carbocycles. The molecule has 4 amide bonds. The molecule has 1 aromatic heterocycles. The number of nitrogens with zero attached hydrogens (tertiary/aromatic N) is 4. The zero-order valence-corrected chi connectivity index (χ0v) is 30.7. The number of nitrogens with one attached hydrogen (secondary N) is 2. The largest absolute Gasteiger partial charge is 0.490 e.